The van der Waals surface area contributed by atoms with E-state index in [9.17, 15) is 0 Å². The van der Waals surface area contributed by atoms with E-state index in [1.54, 1.807) is 0 Å². The molecule has 1 fully saturated rings. The molecule has 2 heteroatoms. The third-order valence-corrected chi connectivity index (χ3v) is 3.52. The Morgan fingerprint density at radius 1 is 1.31 bits per heavy atom. The Balaban J connectivity index is 2.26. The molecule has 2 unspecified atom stereocenters. The maximum Gasteiger partial charge on any atom is 0.00510 e. The Morgan fingerprint density at radius 3 is 2.75 bits per heavy atom. The van der Waals surface area contributed by atoms with E-state index in [4.69, 9.17) is 0 Å². The van der Waals surface area contributed by atoms with E-state index in [1.165, 1.54) is 45.4 Å². The van der Waals surface area contributed by atoms with Gasteiger partial charge < -0.3 is 10.2 Å². The van der Waals surface area contributed by atoms with E-state index in [0.29, 0.717) is 6.04 Å². The zero-order chi connectivity index (χ0) is 12.0. The summed E-state index contributed by atoms with van der Waals surface area (Å²) in [6.07, 6.45) is 4.04. The van der Waals surface area contributed by atoms with Crippen molar-refractivity contribution < 1.29 is 0 Å². The molecule has 0 radical (unpaired) electrons. The molecular formula is C14H30N2. The molecule has 96 valence electrons. The molecule has 1 rings (SSSR count). The van der Waals surface area contributed by atoms with Crippen molar-refractivity contribution in [2.75, 3.05) is 26.2 Å². The number of rotatable bonds is 4. The van der Waals surface area contributed by atoms with Gasteiger partial charge in [0.2, 0.25) is 0 Å². The fourth-order valence-electron chi connectivity index (χ4n) is 2.40. The van der Waals surface area contributed by atoms with E-state index in [1.807, 2.05) is 0 Å². The standard InChI is InChI=1S/C14H30N2/c1-12(2)6-5-8-16-9-7-14(4)15-10-13(3)11-16/h12-15H,5-11H2,1-4H3. The molecule has 1 heterocycles. The number of hydrogen-bond acceptors (Lipinski definition) is 2. The average Bonchev–Trinajstić information content (AvgIpc) is 2.20. The minimum absolute atomic E-state index is 0.690. The number of hydrogen-bond donors (Lipinski definition) is 1. The summed E-state index contributed by atoms with van der Waals surface area (Å²) in [5.74, 6) is 1.65. The second-order valence-corrected chi connectivity index (χ2v) is 6.04. The Bertz CT molecular complexity index is 180. The first kappa shape index (κ1) is 14.0. The minimum atomic E-state index is 0.690. The van der Waals surface area contributed by atoms with E-state index in [0.717, 1.165) is 11.8 Å². The van der Waals surface area contributed by atoms with Gasteiger partial charge in [-0.3, -0.25) is 0 Å². The molecule has 0 aliphatic carbocycles. The Labute approximate surface area is 102 Å². The van der Waals surface area contributed by atoms with Gasteiger partial charge in [-0.1, -0.05) is 20.8 Å². The largest absolute Gasteiger partial charge is 0.314 e. The first-order chi connectivity index (χ1) is 7.58. The summed E-state index contributed by atoms with van der Waals surface area (Å²) in [7, 11) is 0. The number of nitrogens with one attached hydrogen (secondary N) is 1. The van der Waals surface area contributed by atoms with Crippen LogP contribution < -0.4 is 5.32 Å². The van der Waals surface area contributed by atoms with Gasteiger partial charge in [0.25, 0.3) is 0 Å². The second-order valence-electron chi connectivity index (χ2n) is 6.04. The molecule has 0 spiro atoms. The fourth-order valence-corrected chi connectivity index (χ4v) is 2.40. The van der Waals surface area contributed by atoms with Crippen molar-refractivity contribution in [1.29, 1.82) is 0 Å². The summed E-state index contributed by atoms with van der Waals surface area (Å²) in [6, 6.07) is 0.690. The van der Waals surface area contributed by atoms with Crippen LogP contribution in [-0.2, 0) is 0 Å². The molecular weight excluding hydrogens is 196 g/mol. The molecule has 0 saturated carbocycles. The van der Waals surface area contributed by atoms with Crippen molar-refractivity contribution in [3.05, 3.63) is 0 Å². The molecule has 0 aromatic carbocycles. The predicted octanol–water partition coefficient (Wildman–Crippen LogP) is 2.74. The molecule has 0 bridgehead atoms. The maximum atomic E-state index is 3.60. The highest BCUT2D eigenvalue weighted by molar-refractivity contribution is 4.73. The van der Waals surface area contributed by atoms with Gasteiger partial charge in [0.05, 0.1) is 0 Å². The van der Waals surface area contributed by atoms with Crippen molar-refractivity contribution in [1.82, 2.24) is 10.2 Å². The SMILES string of the molecule is CC(C)CCCN1CCC(C)NCC(C)C1. The molecule has 1 aliphatic heterocycles. The van der Waals surface area contributed by atoms with Crippen LogP contribution in [0.3, 0.4) is 0 Å². The van der Waals surface area contributed by atoms with Crippen LogP contribution in [0.2, 0.25) is 0 Å². The highest BCUT2D eigenvalue weighted by Gasteiger charge is 2.15. The van der Waals surface area contributed by atoms with Gasteiger partial charge in [-0.15, -0.1) is 0 Å². The van der Waals surface area contributed by atoms with E-state index in [2.05, 4.69) is 37.9 Å². The summed E-state index contributed by atoms with van der Waals surface area (Å²) >= 11 is 0. The summed E-state index contributed by atoms with van der Waals surface area (Å²) < 4.78 is 0. The smallest absolute Gasteiger partial charge is 0.00510 e. The Kier molecular flexibility index (Phi) is 6.37. The van der Waals surface area contributed by atoms with Gasteiger partial charge in [0.15, 0.2) is 0 Å². The highest BCUT2D eigenvalue weighted by Crippen LogP contribution is 2.10. The monoisotopic (exact) mass is 226 g/mol. The van der Waals surface area contributed by atoms with E-state index in [-0.39, 0.29) is 0 Å². The summed E-state index contributed by atoms with van der Waals surface area (Å²) in [5.41, 5.74) is 0. The average molecular weight is 226 g/mol. The van der Waals surface area contributed by atoms with Crippen LogP contribution >= 0.6 is 0 Å². The van der Waals surface area contributed by atoms with Crippen LogP contribution in [-0.4, -0.2) is 37.1 Å². The minimum Gasteiger partial charge on any atom is -0.314 e. The van der Waals surface area contributed by atoms with Crippen molar-refractivity contribution in [2.24, 2.45) is 11.8 Å². The second kappa shape index (κ2) is 7.29. The molecule has 2 atom stereocenters. The van der Waals surface area contributed by atoms with Crippen molar-refractivity contribution in [3.63, 3.8) is 0 Å². The summed E-state index contributed by atoms with van der Waals surface area (Å²) in [6.45, 7) is 14.3. The molecule has 16 heavy (non-hydrogen) atoms. The zero-order valence-corrected chi connectivity index (χ0v) is 11.6. The van der Waals surface area contributed by atoms with E-state index < -0.39 is 0 Å². The molecule has 0 aromatic rings. The number of nitrogens with zero attached hydrogens (tertiary/aromatic N) is 1. The van der Waals surface area contributed by atoms with Crippen LogP contribution in [0.4, 0.5) is 0 Å². The van der Waals surface area contributed by atoms with Gasteiger partial charge in [-0.2, -0.15) is 0 Å². The normalized spacial score (nSPS) is 29.1. The lowest BCUT2D eigenvalue weighted by atomic mass is 10.1. The molecule has 1 saturated heterocycles. The van der Waals surface area contributed by atoms with Crippen molar-refractivity contribution in [3.8, 4) is 0 Å². The lowest BCUT2D eigenvalue weighted by Crippen LogP contribution is -2.42. The van der Waals surface area contributed by atoms with Crippen LogP contribution in [0.15, 0.2) is 0 Å². The topological polar surface area (TPSA) is 15.3 Å². The van der Waals surface area contributed by atoms with Crippen LogP contribution in [0, 0.1) is 11.8 Å². The quantitative estimate of drug-likeness (QED) is 0.793. The van der Waals surface area contributed by atoms with Gasteiger partial charge in [0.1, 0.15) is 0 Å². The van der Waals surface area contributed by atoms with Crippen LogP contribution in [0.1, 0.15) is 47.0 Å². The first-order valence-corrected chi connectivity index (χ1v) is 7.03. The molecule has 2 nitrogen and oxygen atoms in total. The Morgan fingerprint density at radius 2 is 2.06 bits per heavy atom. The van der Waals surface area contributed by atoms with Crippen LogP contribution in [0.25, 0.3) is 0 Å². The maximum absolute atomic E-state index is 3.60. The van der Waals surface area contributed by atoms with E-state index >= 15 is 0 Å². The van der Waals surface area contributed by atoms with Gasteiger partial charge in [0, 0.05) is 12.6 Å². The van der Waals surface area contributed by atoms with Crippen molar-refractivity contribution >= 4 is 0 Å². The molecule has 0 aromatic heterocycles. The predicted molar refractivity (Wildman–Crippen MR) is 71.8 cm³/mol. The lowest BCUT2D eigenvalue weighted by molar-refractivity contribution is 0.196. The molecule has 0 amide bonds. The highest BCUT2D eigenvalue weighted by atomic mass is 15.1. The molecule has 1 aliphatic rings. The summed E-state index contributed by atoms with van der Waals surface area (Å²) in [4.78, 5) is 2.67. The zero-order valence-electron chi connectivity index (χ0n) is 11.6. The van der Waals surface area contributed by atoms with Crippen LogP contribution in [0.5, 0.6) is 0 Å². The van der Waals surface area contributed by atoms with Gasteiger partial charge in [-0.25, -0.2) is 0 Å². The first-order valence-electron chi connectivity index (χ1n) is 7.03. The Hall–Kier alpha value is -0.0800. The fraction of sp³-hybridized carbons (Fsp3) is 1.00. The lowest BCUT2D eigenvalue weighted by Gasteiger charge is -2.31. The summed E-state index contributed by atoms with van der Waals surface area (Å²) in [5, 5.41) is 3.60. The molecule has 1 N–H and O–H groups in total. The van der Waals surface area contributed by atoms with Gasteiger partial charge in [-0.05, 0) is 57.7 Å². The van der Waals surface area contributed by atoms with Gasteiger partial charge >= 0.3 is 0 Å². The van der Waals surface area contributed by atoms with Crippen molar-refractivity contribution in [2.45, 2.75) is 53.0 Å². The third-order valence-electron chi connectivity index (χ3n) is 3.52. The third kappa shape index (κ3) is 5.86.